The Kier molecular flexibility index (Phi) is 9.07. The van der Waals surface area contributed by atoms with Crippen LogP contribution in [0.1, 0.15) is 48.0 Å². The van der Waals surface area contributed by atoms with Crippen molar-refractivity contribution in [2.24, 2.45) is 0 Å². The smallest absolute Gasteiger partial charge is 0.192 e. The lowest BCUT2D eigenvalue weighted by Crippen LogP contribution is -2.45. The summed E-state index contributed by atoms with van der Waals surface area (Å²) in [5, 5.41) is 0.377. The lowest BCUT2D eigenvalue weighted by atomic mass is 10.2. The zero-order chi connectivity index (χ0) is 23.6. The van der Waals surface area contributed by atoms with Crippen LogP contribution in [0, 0.1) is 11.5 Å². The molecule has 0 spiro atoms. The highest BCUT2D eigenvalue weighted by Gasteiger charge is 2.44. The molecule has 0 bridgehead atoms. The maximum absolute atomic E-state index is 6.81. The van der Waals surface area contributed by atoms with E-state index in [9.17, 15) is 0 Å². The van der Waals surface area contributed by atoms with Gasteiger partial charge >= 0.3 is 0 Å². The van der Waals surface area contributed by atoms with E-state index in [1.807, 2.05) is 0 Å². The van der Waals surface area contributed by atoms with Crippen molar-refractivity contribution in [3.8, 4) is 11.5 Å². The molecule has 0 saturated heterocycles. The Morgan fingerprint density at radius 2 is 1.37 bits per heavy atom. The molecule has 0 fully saturated rings. The van der Waals surface area contributed by atoms with Crippen molar-refractivity contribution in [2.45, 2.75) is 116 Å². The van der Waals surface area contributed by atoms with Gasteiger partial charge in [0.25, 0.3) is 0 Å². The van der Waals surface area contributed by atoms with Gasteiger partial charge in [0.05, 0.1) is 18.8 Å². The van der Waals surface area contributed by atoms with Crippen LogP contribution in [0.3, 0.4) is 0 Å². The maximum atomic E-state index is 6.81. The van der Waals surface area contributed by atoms with Crippen LogP contribution >= 0.6 is 0 Å². The minimum atomic E-state index is -1.88. The second-order valence-corrected chi connectivity index (χ2v) is 27.1. The minimum absolute atomic E-state index is 0.0885. The van der Waals surface area contributed by atoms with Gasteiger partial charge in [-0.05, 0) is 41.8 Å². The Balaban J connectivity index is 2.94. The quantitative estimate of drug-likeness (QED) is 0.174. The summed E-state index contributed by atoms with van der Waals surface area (Å²) in [5.74, 6) is 3.21. The van der Waals surface area contributed by atoms with Crippen molar-refractivity contribution >= 4 is 24.7 Å². The van der Waals surface area contributed by atoms with E-state index in [2.05, 4.69) is 105 Å². The van der Waals surface area contributed by atoms with Gasteiger partial charge < -0.3 is 13.6 Å². The summed E-state index contributed by atoms with van der Waals surface area (Å²) in [6, 6.07) is 0. The van der Waals surface area contributed by atoms with Gasteiger partial charge in [0.2, 0.25) is 0 Å². The summed E-state index contributed by atoms with van der Waals surface area (Å²) >= 11 is 0. The Morgan fingerprint density at radius 3 is 1.83 bits per heavy atom. The van der Waals surface area contributed by atoms with Crippen molar-refractivity contribution < 1.29 is 13.6 Å². The summed E-state index contributed by atoms with van der Waals surface area (Å²) in [7, 11) is -5.07. The molecule has 0 amide bonds. The fraction of sp³-hybridized carbons (Fsp3) is 0.833. The first kappa shape index (κ1) is 27.9. The first-order valence-corrected chi connectivity index (χ1v) is 20.7. The molecule has 0 radical (unpaired) electrons. The molecule has 0 N–H and O–H groups in total. The highest BCUT2D eigenvalue weighted by atomic mass is 28.4. The van der Waals surface area contributed by atoms with Crippen molar-refractivity contribution in [3.63, 3.8) is 0 Å². The van der Waals surface area contributed by atoms with Gasteiger partial charge in [-0.1, -0.05) is 73.2 Å². The zero-order valence-electron chi connectivity index (χ0n) is 22.1. The molecule has 0 aromatic heterocycles. The summed E-state index contributed by atoms with van der Waals surface area (Å²) in [6.07, 6.45) is 3.39. The van der Waals surface area contributed by atoms with E-state index in [1.54, 1.807) is 0 Å². The van der Waals surface area contributed by atoms with Gasteiger partial charge in [0.15, 0.2) is 16.6 Å². The van der Waals surface area contributed by atoms with Crippen molar-refractivity contribution in [1.29, 1.82) is 0 Å². The monoisotopic (exact) mass is 468 g/mol. The molecule has 0 aromatic carbocycles. The molecule has 1 aliphatic carbocycles. The third kappa shape index (κ3) is 8.40. The van der Waals surface area contributed by atoms with Crippen LogP contribution in [0.5, 0.6) is 0 Å². The minimum Gasteiger partial charge on any atom is -0.410 e. The van der Waals surface area contributed by atoms with Crippen LogP contribution in [0.4, 0.5) is 0 Å². The van der Waals surface area contributed by atoms with E-state index in [4.69, 9.17) is 13.6 Å². The molecular weight excluding hydrogens is 421 g/mol. The lowest BCUT2D eigenvalue weighted by molar-refractivity contribution is 0.134. The fourth-order valence-corrected chi connectivity index (χ4v) is 5.92. The largest absolute Gasteiger partial charge is 0.410 e. The molecule has 6 heteroatoms. The van der Waals surface area contributed by atoms with Gasteiger partial charge in [0, 0.05) is 6.42 Å². The standard InChI is InChI=1S/C24H48O3Si3/c1-23(2,3)29(10,11)26-21-17-20(19-25-15-14-16-28(7,8)9)22(18-21)27-30(12,13)24(4,5)6/h17,21-22H,15,18-19H2,1-13H3/t21-,22-/m0/s1. The first-order chi connectivity index (χ1) is 13.3. The predicted molar refractivity (Wildman–Crippen MR) is 139 cm³/mol. The van der Waals surface area contributed by atoms with Crippen LogP contribution < -0.4 is 0 Å². The van der Waals surface area contributed by atoms with Gasteiger partial charge in [-0.15, -0.1) is 5.54 Å². The summed E-state index contributed by atoms with van der Waals surface area (Å²) in [4.78, 5) is 0. The van der Waals surface area contributed by atoms with E-state index in [0.29, 0.717) is 13.2 Å². The van der Waals surface area contributed by atoms with Crippen LogP contribution in [-0.4, -0.2) is 50.1 Å². The van der Waals surface area contributed by atoms with E-state index in [0.717, 1.165) is 6.42 Å². The van der Waals surface area contributed by atoms with Gasteiger partial charge in [-0.3, -0.25) is 0 Å². The van der Waals surface area contributed by atoms with Gasteiger partial charge in [0.1, 0.15) is 14.7 Å². The Hall–Kier alpha value is -0.169. The van der Waals surface area contributed by atoms with Crippen LogP contribution in [-0.2, 0) is 13.6 Å². The van der Waals surface area contributed by atoms with Gasteiger partial charge in [-0.2, -0.15) is 0 Å². The van der Waals surface area contributed by atoms with E-state index in [1.165, 1.54) is 5.57 Å². The molecule has 0 saturated carbocycles. The zero-order valence-corrected chi connectivity index (χ0v) is 25.1. The Morgan fingerprint density at radius 1 is 0.867 bits per heavy atom. The van der Waals surface area contributed by atoms with E-state index >= 15 is 0 Å². The summed E-state index contributed by atoms with van der Waals surface area (Å²) in [6.45, 7) is 30.9. The predicted octanol–water partition coefficient (Wildman–Crippen LogP) is 6.99. The summed E-state index contributed by atoms with van der Waals surface area (Å²) < 4.78 is 19.5. The molecular formula is C24H48O3Si3. The molecule has 3 nitrogen and oxygen atoms in total. The number of hydrogen-bond donors (Lipinski definition) is 0. The Bertz CT molecular complexity index is 665. The fourth-order valence-electron chi connectivity index (χ4n) is 2.73. The number of rotatable bonds is 7. The molecule has 0 aliphatic heterocycles. The Labute approximate surface area is 190 Å². The van der Waals surface area contributed by atoms with Crippen LogP contribution in [0.15, 0.2) is 11.6 Å². The lowest BCUT2D eigenvalue weighted by Gasteiger charge is -2.40. The normalized spacial score (nSPS) is 21.3. The van der Waals surface area contributed by atoms with Crippen molar-refractivity contribution in [2.75, 3.05) is 13.2 Å². The van der Waals surface area contributed by atoms with Crippen LogP contribution in [0.2, 0.25) is 55.9 Å². The second-order valence-electron chi connectivity index (χ2n) is 12.8. The second kappa shape index (κ2) is 9.76. The third-order valence-electron chi connectivity index (χ3n) is 6.66. The molecule has 2 atom stereocenters. The molecule has 30 heavy (non-hydrogen) atoms. The number of hydrogen-bond acceptors (Lipinski definition) is 3. The SMILES string of the molecule is CC(C)(C)[Si](C)(C)O[C@H]1C[C@@H](O[Si](C)(C)C(C)(C)C)C=C1COCC#C[Si](C)(C)C. The molecule has 0 heterocycles. The van der Waals surface area contributed by atoms with Crippen molar-refractivity contribution in [3.05, 3.63) is 11.6 Å². The van der Waals surface area contributed by atoms with Gasteiger partial charge in [-0.25, -0.2) is 0 Å². The maximum Gasteiger partial charge on any atom is 0.192 e. The number of ether oxygens (including phenoxy) is 1. The average Bonchev–Trinajstić information content (AvgIpc) is 2.83. The summed E-state index contributed by atoms with van der Waals surface area (Å²) in [5.41, 5.74) is 4.61. The van der Waals surface area contributed by atoms with Crippen molar-refractivity contribution in [1.82, 2.24) is 0 Å². The van der Waals surface area contributed by atoms with E-state index in [-0.39, 0.29) is 22.3 Å². The highest BCUT2D eigenvalue weighted by Crippen LogP contribution is 2.42. The molecule has 1 aliphatic rings. The third-order valence-corrected chi connectivity index (χ3v) is 16.6. The average molecular weight is 469 g/mol. The molecule has 0 aromatic rings. The van der Waals surface area contributed by atoms with E-state index < -0.39 is 24.7 Å². The molecule has 0 unspecified atom stereocenters. The highest BCUT2D eigenvalue weighted by molar-refractivity contribution is 6.83. The first-order valence-electron chi connectivity index (χ1n) is 11.4. The molecule has 174 valence electrons. The molecule has 1 rings (SSSR count). The topological polar surface area (TPSA) is 27.7 Å². The van der Waals surface area contributed by atoms with Crippen LogP contribution in [0.25, 0.3) is 0 Å².